The van der Waals surface area contributed by atoms with E-state index in [9.17, 15) is 23.1 Å². The Hall–Kier alpha value is -3.05. The molecule has 2 saturated heterocycles. The lowest BCUT2D eigenvalue weighted by Gasteiger charge is -2.44. The van der Waals surface area contributed by atoms with E-state index in [-0.39, 0.29) is 48.3 Å². The monoisotopic (exact) mass is 567 g/mol. The van der Waals surface area contributed by atoms with Gasteiger partial charge in [0.2, 0.25) is 11.8 Å². The van der Waals surface area contributed by atoms with E-state index in [4.69, 9.17) is 0 Å². The van der Waals surface area contributed by atoms with Crippen molar-refractivity contribution in [1.82, 2.24) is 14.1 Å². The minimum atomic E-state index is -3.95. The van der Waals surface area contributed by atoms with Gasteiger partial charge in [0.25, 0.3) is 10.0 Å². The largest absolute Gasteiger partial charge is 0.394 e. The zero-order valence-electron chi connectivity index (χ0n) is 21.6. The van der Waals surface area contributed by atoms with Crippen LogP contribution in [0.15, 0.2) is 82.4 Å². The van der Waals surface area contributed by atoms with Gasteiger partial charge in [0.15, 0.2) is 0 Å². The molecule has 2 atom stereocenters. The summed E-state index contributed by atoms with van der Waals surface area (Å²) >= 11 is 1.11. The third-order valence-electron chi connectivity index (χ3n) is 7.62. The standard InChI is InChI=1S/C29H33N3O5S2/c33-21-24-14-7-8-16-31(24)28(34)25-20-30(17-18-32(25)39(36,37)26-15-9-19-38-26)29(35)27(22-10-3-1-4-11-22)23-12-5-2-6-13-23/h1-6,9-13,15,19,24-25,27,33H,7-8,14,16-18,20-21H2. The number of sulfonamides is 1. The number of hydrogen-bond acceptors (Lipinski definition) is 6. The number of amides is 2. The molecule has 10 heteroatoms. The Balaban J connectivity index is 1.49. The van der Waals surface area contributed by atoms with Crippen molar-refractivity contribution in [3.05, 3.63) is 89.3 Å². The minimum Gasteiger partial charge on any atom is -0.394 e. The molecule has 3 aromatic rings. The van der Waals surface area contributed by atoms with Crippen LogP contribution < -0.4 is 0 Å². The molecule has 0 aliphatic carbocycles. The van der Waals surface area contributed by atoms with E-state index in [2.05, 4.69) is 0 Å². The molecule has 39 heavy (non-hydrogen) atoms. The summed E-state index contributed by atoms with van der Waals surface area (Å²) < 4.78 is 28.8. The maximum atomic E-state index is 14.1. The number of likely N-dealkylation sites (tertiary alicyclic amines) is 1. The molecule has 3 heterocycles. The van der Waals surface area contributed by atoms with Crippen molar-refractivity contribution in [2.45, 2.75) is 41.5 Å². The first-order valence-corrected chi connectivity index (χ1v) is 15.6. The third-order valence-corrected chi connectivity index (χ3v) is 10.9. The third kappa shape index (κ3) is 5.65. The molecule has 2 aromatic carbocycles. The average Bonchev–Trinajstić information content (AvgIpc) is 3.54. The number of aliphatic hydroxyl groups excluding tert-OH is 1. The molecular formula is C29H33N3O5S2. The van der Waals surface area contributed by atoms with E-state index in [0.717, 1.165) is 35.3 Å². The van der Waals surface area contributed by atoms with E-state index in [1.54, 1.807) is 21.2 Å². The molecule has 0 spiro atoms. The fraction of sp³-hybridized carbons (Fsp3) is 0.379. The summed E-state index contributed by atoms with van der Waals surface area (Å²) in [5.41, 5.74) is 1.67. The van der Waals surface area contributed by atoms with Crippen LogP contribution in [0.25, 0.3) is 0 Å². The summed E-state index contributed by atoms with van der Waals surface area (Å²) in [6.45, 7) is 0.414. The number of hydrogen-bond donors (Lipinski definition) is 1. The summed E-state index contributed by atoms with van der Waals surface area (Å²) in [6, 6.07) is 20.8. The normalized spacial score (nSPS) is 20.8. The Kier molecular flexibility index (Phi) is 8.46. The molecule has 206 valence electrons. The second kappa shape index (κ2) is 12.0. The molecule has 2 fully saturated rings. The van der Waals surface area contributed by atoms with Gasteiger partial charge >= 0.3 is 0 Å². The smallest absolute Gasteiger partial charge is 0.253 e. The van der Waals surface area contributed by atoms with Crippen LogP contribution in [0.3, 0.4) is 0 Å². The van der Waals surface area contributed by atoms with Crippen molar-refractivity contribution in [2.24, 2.45) is 0 Å². The van der Waals surface area contributed by atoms with Crippen LogP contribution in [-0.2, 0) is 19.6 Å². The number of aliphatic hydroxyl groups is 1. The fourth-order valence-electron chi connectivity index (χ4n) is 5.60. The molecule has 0 radical (unpaired) electrons. The summed E-state index contributed by atoms with van der Waals surface area (Å²) in [4.78, 5) is 31.4. The molecule has 2 aliphatic rings. The quantitative estimate of drug-likeness (QED) is 0.473. The average molecular weight is 568 g/mol. The molecule has 1 N–H and O–H groups in total. The molecule has 0 saturated carbocycles. The highest BCUT2D eigenvalue weighted by Gasteiger charge is 2.45. The lowest BCUT2D eigenvalue weighted by Crippen LogP contribution is -2.63. The lowest BCUT2D eigenvalue weighted by atomic mass is 9.89. The fourth-order valence-corrected chi connectivity index (χ4v) is 8.29. The van der Waals surface area contributed by atoms with Gasteiger partial charge in [-0.3, -0.25) is 9.59 Å². The van der Waals surface area contributed by atoms with Crippen molar-refractivity contribution in [2.75, 3.05) is 32.8 Å². The number of thiophene rings is 1. The van der Waals surface area contributed by atoms with Crippen LogP contribution in [0.5, 0.6) is 0 Å². The van der Waals surface area contributed by atoms with Crippen molar-refractivity contribution in [1.29, 1.82) is 0 Å². The Morgan fingerprint density at radius 1 is 0.897 bits per heavy atom. The van der Waals surface area contributed by atoms with Gasteiger partial charge in [-0.2, -0.15) is 4.31 Å². The first-order valence-electron chi connectivity index (χ1n) is 13.3. The Morgan fingerprint density at radius 2 is 1.56 bits per heavy atom. The maximum absolute atomic E-state index is 14.1. The predicted molar refractivity (Wildman–Crippen MR) is 150 cm³/mol. The van der Waals surface area contributed by atoms with Crippen LogP contribution >= 0.6 is 11.3 Å². The van der Waals surface area contributed by atoms with Crippen LogP contribution in [0.2, 0.25) is 0 Å². The highest BCUT2D eigenvalue weighted by atomic mass is 32.2. The van der Waals surface area contributed by atoms with Crippen LogP contribution in [-0.4, -0.2) is 84.3 Å². The van der Waals surface area contributed by atoms with Crippen molar-refractivity contribution < 1.29 is 23.1 Å². The number of piperidine rings is 1. The summed E-state index contributed by atoms with van der Waals surface area (Å²) in [5.74, 6) is -1.11. The SMILES string of the molecule is O=C(C(c1ccccc1)c1ccccc1)N1CCN(S(=O)(=O)c2cccs2)C(C(=O)N2CCCCC2CO)C1. The van der Waals surface area contributed by atoms with E-state index in [1.807, 2.05) is 60.7 Å². The van der Waals surface area contributed by atoms with Gasteiger partial charge in [-0.05, 0) is 41.8 Å². The molecule has 5 rings (SSSR count). The summed E-state index contributed by atoms with van der Waals surface area (Å²) in [7, 11) is -3.95. The Labute approximate surface area is 233 Å². The van der Waals surface area contributed by atoms with E-state index >= 15 is 0 Å². The van der Waals surface area contributed by atoms with Crippen molar-refractivity contribution >= 4 is 33.2 Å². The van der Waals surface area contributed by atoms with Gasteiger partial charge in [-0.25, -0.2) is 8.42 Å². The number of piperazine rings is 1. The van der Waals surface area contributed by atoms with Gasteiger partial charge in [0.1, 0.15) is 10.3 Å². The zero-order chi connectivity index (χ0) is 27.4. The van der Waals surface area contributed by atoms with Gasteiger partial charge in [0, 0.05) is 26.2 Å². The second-order valence-corrected chi connectivity index (χ2v) is 13.0. The lowest BCUT2D eigenvalue weighted by molar-refractivity contribution is -0.144. The van der Waals surface area contributed by atoms with Crippen LogP contribution in [0.1, 0.15) is 36.3 Å². The molecule has 1 aromatic heterocycles. The minimum absolute atomic E-state index is 0.0102. The molecule has 2 amide bonds. The van der Waals surface area contributed by atoms with Gasteiger partial charge < -0.3 is 14.9 Å². The highest BCUT2D eigenvalue weighted by Crippen LogP contribution is 2.31. The molecule has 0 bridgehead atoms. The predicted octanol–water partition coefficient (Wildman–Crippen LogP) is 3.16. The molecular weight excluding hydrogens is 534 g/mol. The van der Waals surface area contributed by atoms with Crippen molar-refractivity contribution in [3.8, 4) is 0 Å². The topological polar surface area (TPSA) is 98.2 Å². The number of rotatable bonds is 7. The Bertz CT molecular complexity index is 1330. The second-order valence-electron chi connectivity index (χ2n) is 9.97. The number of carbonyl (C=O) groups excluding carboxylic acids is 2. The van der Waals surface area contributed by atoms with E-state index in [0.29, 0.717) is 13.0 Å². The first-order chi connectivity index (χ1) is 18.9. The number of carbonyl (C=O) groups is 2. The first kappa shape index (κ1) is 27.5. The van der Waals surface area contributed by atoms with Gasteiger partial charge in [0.05, 0.1) is 18.6 Å². The number of benzene rings is 2. The molecule has 2 aliphatic heterocycles. The van der Waals surface area contributed by atoms with Gasteiger partial charge in [-0.15, -0.1) is 11.3 Å². The zero-order valence-corrected chi connectivity index (χ0v) is 23.3. The maximum Gasteiger partial charge on any atom is 0.253 e. The summed E-state index contributed by atoms with van der Waals surface area (Å²) in [5, 5.41) is 11.7. The van der Waals surface area contributed by atoms with E-state index in [1.165, 1.54) is 10.4 Å². The highest BCUT2D eigenvalue weighted by molar-refractivity contribution is 7.91. The van der Waals surface area contributed by atoms with Gasteiger partial charge in [-0.1, -0.05) is 66.7 Å². The van der Waals surface area contributed by atoms with Crippen LogP contribution in [0.4, 0.5) is 0 Å². The van der Waals surface area contributed by atoms with Crippen molar-refractivity contribution in [3.63, 3.8) is 0 Å². The summed E-state index contributed by atoms with van der Waals surface area (Å²) in [6.07, 6.45) is 2.36. The van der Waals surface area contributed by atoms with E-state index < -0.39 is 22.0 Å². The molecule has 8 nitrogen and oxygen atoms in total. The van der Waals surface area contributed by atoms with Crippen LogP contribution in [0, 0.1) is 0 Å². The number of nitrogens with zero attached hydrogens (tertiary/aromatic N) is 3. The Morgan fingerprint density at radius 3 is 2.15 bits per heavy atom. The molecule has 2 unspecified atom stereocenters.